The van der Waals surface area contributed by atoms with Gasteiger partial charge in [0.25, 0.3) is 0 Å². The van der Waals surface area contributed by atoms with Crippen LogP contribution in [0.5, 0.6) is 0 Å². The minimum absolute atomic E-state index is 0.160. The SMILES string of the molecule is O=C(Cn1nc(-c2ccccc2)oc1=O)NC[C@@H](c1cccs1)N1CCCC1. The maximum atomic E-state index is 12.4. The summed E-state index contributed by atoms with van der Waals surface area (Å²) in [5.74, 6) is -0.675. The van der Waals surface area contributed by atoms with Gasteiger partial charge >= 0.3 is 5.76 Å². The van der Waals surface area contributed by atoms with Gasteiger partial charge in [-0.2, -0.15) is 4.68 Å². The molecule has 146 valence electrons. The molecule has 1 atom stereocenters. The number of nitrogens with one attached hydrogen (secondary N) is 1. The first-order chi connectivity index (χ1) is 13.7. The van der Waals surface area contributed by atoms with Gasteiger partial charge in [-0.1, -0.05) is 24.3 Å². The second-order valence-corrected chi connectivity index (χ2v) is 7.75. The van der Waals surface area contributed by atoms with Crippen molar-refractivity contribution in [3.8, 4) is 11.5 Å². The van der Waals surface area contributed by atoms with E-state index in [0.717, 1.165) is 17.8 Å². The third-order valence-corrected chi connectivity index (χ3v) is 5.84. The van der Waals surface area contributed by atoms with Gasteiger partial charge in [-0.15, -0.1) is 16.4 Å². The lowest BCUT2D eigenvalue weighted by molar-refractivity contribution is -0.122. The van der Waals surface area contributed by atoms with Crippen LogP contribution in [-0.4, -0.2) is 40.2 Å². The predicted octanol–water partition coefficient (Wildman–Crippen LogP) is 2.52. The standard InChI is InChI=1S/C20H22N4O3S/c25-18(14-24-20(26)27-19(22-24)15-7-2-1-3-8-15)21-13-16(17-9-6-12-28-17)23-10-4-5-11-23/h1-3,6-9,12,16H,4-5,10-11,13-14H2,(H,21,25)/t16-/m0/s1. The monoisotopic (exact) mass is 398 g/mol. The second kappa shape index (κ2) is 8.53. The van der Waals surface area contributed by atoms with Crippen LogP contribution in [0.25, 0.3) is 11.5 Å². The molecule has 1 amide bonds. The third-order valence-electron chi connectivity index (χ3n) is 4.87. The predicted molar refractivity (Wildman–Crippen MR) is 107 cm³/mol. The van der Waals surface area contributed by atoms with E-state index in [1.165, 1.54) is 17.7 Å². The largest absolute Gasteiger partial charge is 0.437 e. The van der Waals surface area contributed by atoms with Gasteiger partial charge in [0.05, 0.1) is 6.04 Å². The van der Waals surface area contributed by atoms with E-state index >= 15 is 0 Å². The van der Waals surface area contributed by atoms with Crippen molar-refractivity contribution >= 4 is 17.2 Å². The number of amides is 1. The molecule has 1 N–H and O–H groups in total. The summed E-state index contributed by atoms with van der Waals surface area (Å²) in [6.07, 6.45) is 2.37. The molecule has 28 heavy (non-hydrogen) atoms. The average Bonchev–Trinajstić information content (AvgIpc) is 3.47. The normalized spacial score (nSPS) is 15.6. The van der Waals surface area contributed by atoms with Crippen LogP contribution in [0.2, 0.25) is 0 Å². The number of aromatic nitrogens is 2. The number of hydrogen-bond acceptors (Lipinski definition) is 6. The molecule has 0 spiro atoms. The lowest BCUT2D eigenvalue weighted by atomic mass is 10.2. The molecular formula is C20H22N4O3S. The molecule has 1 fully saturated rings. The highest BCUT2D eigenvalue weighted by Gasteiger charge is 2.25. The summed E-state index contributed by atoms with van der Waals surface area (Å²) < 4.78 is 6.24. The fourth-order valence-corrected chi connectivity index (χ4v) is 4.31. The van der Waals surface area contributed by atoms with Crippen molar-refractivity contribution in [3.63, 3.8) is 0 Å². The van der Waals surface area contributed by atoms with E-state index in [1.807, 2.05) is 24.3 Å². The summed E-state index contributed by atoms with van der Waals surface area (Å²) in [5.41, 5.74) is 0.700. The van der Waals surface area contributed by atoms with Crippen molar-refractivity contribution < 1.29 is 9.21 Å². The molecule has 0 bridgehead atoms. The van der Waals surface area contributed by atoms with Crippen molar-refractivity contribution in [1.29, 1.82) is 0 Å². The van der Waals surface area contributed by atoms with Gasteiger partial charge in [0, 0.05) is 17.0 Å². The topological polar surface area (TPSA) is 80.4 Å². The Hall–Kier alpha value is -2.71. The van der Waals surface area contributed by atoms with E-state index in [2.05, 4.69) is 26.8 Å². The van der Waals surface area contributed by atoms with Gasteiger partial charge in [-0.05, 0) is 49.5 Å². The molecule has 2 aromatic heterocycles. The van der Waals surface area contributed by atoms with Gasteiger partial charge in [0.15, 0.2) is 0 Å². The number of nitrogens with zero attached hydrogens (tertiary/aromatic N) is 3. The van der Waals surface area contributed by atoms with Crippen LogP contribution >= 0.6 is 11.3 Å². The molecule has 8 heteroatoms. The fraction of sp³-hybridized carbons (Fsp3) is 0.350. The number of hydrogen-bond donors (Lipinski definition) is 1. The van der Waals surface area contributed by atoms with Gasteiger partial charge < -0.3 is 9.73 Å². The molecule has 0 unspecified atom stereocenters. The Bertz CT molecular complexity index is 959. The van der Waals surface area contributed by atoms with E-state index in [0.29, 0.717) is 12.1 Å². The first kappa shape index (κ1) is 18.6. The lowest BCUT2D eigenvalue weighted by Crippen LogP contribution is -2.38. The molecule has 4 rings (SSSR count). The minimum Gasteiger partial charge on any atom is -0.388 e. The lowest BCUT2D eigenvalue weighted by Gasteiger charge is -2.26. The van der Waals surface area contributed by atoms with E-state index in [-0.39, 0.29) is 24.4 Å². The molecule has 0 saturated carbocycles. The molecular weight excluding hydrogens is 376 g/mol. The molecule has 1 aliphatic heterocycles. The Kier molecular flexibility index (Phi) is 5.68. The average molecular weight is 398 g/mol. The zero-order valence-corrected chi connectivity index (χ0v) is 16.2. The van der Waals surface area contributed by atoms with E-state index in [1.54, 1.807) is 23.5 Å². The van der Waals surface area contributed by atoms with Crippen LogP contribution in [0.1, 0.15) is 23.8 Å². The van der Waals surface area contributed by atoms with Gasteiger partial charge in [-0.25, -0.2) is 4.79 Å². The fourth-order valence-electron chi connectivity index (χ4n) is 3.45. The van der Waals surface area contributed by atoms with Gasteiger partial charge in [0.2, 0.25) is 11.8 Å². The molecule has 1 aromatic carbocycles. The highest BCUT2D eigenvalue weighted by Crippen LogP contribution is 2.27. The summed E-state index contributed by atoms with van der Waals surface area (Å²) in [4.78, 5) is 28.1. The Morgan fingerprint density at radius 3 is 2.68 bits per heavy atom. The summed E-state index contributed by atoms with van der Waals surface area (Å²) in [7, 11) is 0. The summed E-state index contributed by atoms with van der Waals surface area (Å²) in [6, 6.07) is 13.5. The van der Waals surface area contributed by atoms with Crippen molar-refractivity contribution in [3.05, 3.63) is 63.3 Å². The summed E-state index contributed by atoms with van der Waals surface area (Å²) >= 11 is 1.70. The number of carbonyl (C=O) groups excluding carboxylic acids is 1. The van der Waals surface area contributed by atoms with Crippen LogP contribution in [0, 0.1) is 0 Å². The Labute approximate surface area is 166 Å². The third kappa shape index (κ3) is 4.23. The van der Waals surface area contributed by atoms with Crippen molar-refractivity contribution in [2.75, 3.05) is 19.6 Å². The van der Waals surface area contributed by atoms with Crippen molar-refractivity contribution in [1.82, 2.24) is 20.0 Å². The molecule has 3 aromatic rings. The number of likely N-dealkylation sites (tertiary alicyclic amines) is 1. The zero-order valence-electron chi connectivity index (χ0n) is 15.4. The van der Waals surface area contributed by atoms with E-state index in [9.17, 15) is 9.59 Å². The van der Waals surface area contributed by atoms with Crippen LogP contribution in [0.3, 0.4) is 0 Å². The summed E-state index contributed by atoms with van der Waals surface area (Å²) in [6.45, 7) is 2.44. The first-order valence-corrected chi connectivity index (χ1v) is 10.3. The molecule has 7 nitrogen and oxygen atoms in total. The quantitative estimate of drug-likeness (QED) is 0.661. The maximum Gasteiger partial charge on any atom is 0.437 e. The second-order valence-electron chi connectivity index (χ2n) is 6.78. The minimum atomic E-state index is -0.636. The van der Waals surface area contributed by atoms with Crippen LogP contribution in [0.15, 0.2) is 57.1 Å². The molecule has 0 radical (unpaired) electrons. The van der Waals surface area contributed by atoms with Crippen molar-refractivity contribution in [2.45, 2.75) is 25.4 Å². The van der Waals surface area contributed by atoms with Crippen LogP contribution < -0.4 is 11.1 Å². The van der Waals surface area contributed by atoms with E-state index in [4.69, 9.17) is 4.42 Å². The number of rotatable bonds is 7. The van der Waals surface area contributed by atoms with Crippen molar-refractivity contribution in [2.24, 2.45) is 0 Å². The molecule has 0 aliphatic carbocycles. The smallest absolute Gasteiger partial charge is 0.388 e. The van der Waals surface area contributed by atoms with Crippen LogP contribution in [0.4, 0.5) is 0 Å². The van der Waals surface area contributed by atoms with E-state index < -0.39 is 5.76 Å². The first-order valence-electron chi connectivity index (χ1n) is 9.38. The Balaban J connectivity index is 1.40. The highest BCUT2D eigenvalue weighted by molar-refractivity contribution is 7.10. The number of benzene rings is 1. The van der Waals surface area contributed by atoms with Gasteiger partial charge in [0.1, 0.15) is 6.54 Å². The summed E-state index contributed by atoms with van der Waals surface area (Å²) in [5, 5.41) is 9.16. The molecule has 1 aliphatic rings. The molecule has 3 heterocycles. The number of carbonyl (C=O) groups is 1. The van der Waals surface area contributed by atoms with Crippen LogP contribution in [-0.2, 0) is 11.3 Å². The maximum absolute atomic E-state index is 12.4. The van der Waals surface area contributed by atoms with Gasteiger partial charge in [-0.3, -0.25) is 9.69 Å². The zero-order chi connectivity index (χ0) is 19.3. The highest BCUT2D eigenvalue weighted by atomic mass is 32.1. The Morgan fingerprint density at radius 1 is 1.18 bits per heavy atom. The number of thiophene rings is 1. The molecule has 1 saturated heterocycles. The Morgan fingerprint density at radius 2 is 1.96 bits per heavy atom.